The first kappa shape index (κ1) is 20.9. The van der Waals surface area contributed by atoms with Crippen molar-refractivity contribution >= 4 is 17.4 Å². The first-order valence-corrected chi connectivity index (χ1v) is 11.6. The number of carbonyl (C=O) groups is 2. The summed E-state index contributed by atoms with van der Waals surface area (Å²) in [4.78, 5) is 26.7. The van der Waals surface area contributed by atoms with Crippen LogP contribution in [0.15, 0.2) is 42.5 Å². The lowest BCUT2D eigenvalue weighted by molar-refractivity contribution is -0.126. The van der Waals surface area contributed by atoms with Crippen molar-refractivity contribution in [2.75, 3.05) is 18.5 Å². The Balaban J connectivity index is 1.26. The van der Waals surface area contributed by atoms with Gasteiger partial charge >= 0.3 is 0 Å². The van der Waals surface area contributed by atoms with Crippen molar-refractivity contribution < 1.29 is 9.59 Å². The number of benzene rings is 2. The Hall–Kier alpha value is -2.97. The molecule has 3 aliphatic rings. The first-order chi connectivity index (χ1) is 15.5. The van der Waals surface area contributed by atoms with Gasteiger partial charge in [-0.05, 0) is 66.5 Å². The van der Waals surface area contributed by atoms with E-state index in [0.29, 0.717) is 25.2 Å². The Bertz CT molecular complexity index is 1100. The lowest BCUT2D eigenvalue weighted by atomic mass is 9.75. The van der Waals surface area contributed by atoms with Crippen molar-refractivity contribution in [2.45, 2.75) is 50.5 Å². The van der Waals surface area contributed by atoms with Crippen LogP contribution in [0.4, 0.5) is 5.69 Å². The number of rotatable bonds is 6. The fraction of sp³-hybridized carbons (Fsp3) is 0.444. The number of Topliss-reactive ketones (excluding diaryl/α,β-unsaturated/α-hetero) is 1. The third-order valence-electron chi connectivity index (χ3n) is 7.66. The highest BCUT2D eigenvalue weighted by Gasteiger charge is 2.46. The zero-order valence-electron chi connectivity index (χ0n) is 18.6. The van der Waals surface area contributed by atoms with E-state index in [-0.39, 0.29) is 23.1 Å². The van der Waals surface area contributed by atoms with Crippen molar-refractivity contribution in [3.05, 3.63) is 53.6 Å². The molecule has 1 aliphatic carbocycles. The van der Waals surface area contributed by atoms with Crippen molar-refractivity contribution in [3.8, 4) is 17.2 Å². The van der Waals surface area contributed by atoms with Gasteiger partial charge in [-0.15, -0.1) is 0 Å². The predicted octanol–water partition coefficient (Wildman–Crippen LogP) is 4.05. The van der Waals surface area contributed by atoms with Crippen molar-refractivity contribution in [1.82, 2.24) is 5.32 Å². The summed E-state index contributed by atoms with van der Waals surface area (Å²) in [5.74, 6) is 0.670. The molecule has 2 fully saturated rings. The van der Waals surface area contributed by atoms with Crippen molar-refractivity contribution in [3.63, 3.8) is 0 Å². The van der Waals surface area contributed by atoms with Gasteiger partial charge in [0.2, 0.25) is 5.91 Å². The number of fused-ring (bicyclic) bond motifs is 3. The molecule has 3 atom stereocenters. The summed E-state index contributed by atoms with van der Waals surface area (Å²) in [7, 11) is 1.82. The van der Waals surface area contributed by atoms with Crippen LogP contribution in [-0.4, -0.2) is 30.8 Å². The third-order valence-corrected chi connectivity index (χ3v) is 7.66. The minimum Gasteiger partial charge on any atom is -0.315 e. The lowest BCUT2D eigenvalue weighted by Gasteiger charge is -2.32. The average Bonchev–Trinajstić information content (AvgIpc) is 3.28. The number of nitrogens with zero attached hydrogens (tertiary/aromatic N) is 2. The number of amides is 1. The Morgan fingerprint density at radius 1 is 1.25 bits per heavy atom. The first-order valence-electron chi connectivity index (χ1n) is 11.6. The van der Waals surface area contributed by atoms with E-state index in [1.165, 1.54) is 6.42 Å². The molecular weight excluding hydrogens is 398 g/mol. The molecule has 5 heteroatoms. The molecule has 5 nitrogen and oxygen atoms in total. The number of likely N-dealkylation sites (N-methyl/N-ethyl adjacent to an activating group) is 1. The van der Waals surface area contributed by atoms with Crippen molar-refractivity contribution in [1.29, 1.82) is 5.26 Å². The normalized spacial score (nSPS) is 24.8. The molecule has 2 bridgehead atoms. The quantitative estimate of drug-likeness (QED) is 0.755. The number of hydrogen-bond donors (Lipinski definition) is 1. The van der Waals surface area contributed by atoms with E-state index in [9.17, 15) is 14.9 Å². The fourth-order valence-corrected chi connectivity index (χ4v) is 5.74. The van der Waals surface area contributed by atoms with Gasteiger partial charge in [-0.2, -0.15) is 5.26 Å². The summed E-state index contributed by atoms with van der Waals surface area (Å²) in [6.45, 7) is 0.942. The number of carbonyl (C=O) groups excluding carboxylic acids is 2. The molecule has 164 valence electrons. The van der Waals surface area contributed by atoms with E-state index in [0.717, 1.165) is 53.7 Å². The van der Waals surface area contributed by atoms with Gasteiger partial charge in [-0.3, -0.25) is 9.59 Å². The van der Waals surface area contributed by atoms with Crippen LogP contribution < -0.4 is 10.2 Å². The second-order valence-electron chi connectivity index (χ2n) is 9.75. The van der Waals surface area contributed by atoms with E-state index in [1.807, 2.05) is 13.1 Å². The summed E-state index contributed by atoms with van der Waals surface area (Å²) in [6.07, 6.45) is 5.56. The Morgan fingerprint density at radius 2 is 2.03 bits per heavy atom. The molecule has 0 aromatic heterocycles. The molecule has 2 aromatic rings. The van der Waals surface area contributed by atoms with Crippen LogP contribution in [0.5, 0.6) is 0 Å². The Kier molecular flexibility index (Phi) is 5.35. The third kappa shape index (κ3) is 3.73. The van der Waals surface area contributed by atoms with Gasteiger partial charge in [0.15, 0.2) is 5.78 Å². The molecule has 2 heterocycles. The molecular formula is C27H29N3O2. The summed E-state index contributed by atoms with van der Waals surface area (Å²) < 4.78 is 0. The number of nitrogens with one attached hydrogen (secondary N) is 1. The van der Waals surface area contributed by atoms with Crippen molar-refractivity contribution in [2.24, 2.45) is 11.8 Å². The predicted molar refractivity (Wildman–Crippen MR) is 124 cm³/mol. The SMILES string of the molecule is CN1C(=O)Cc2ccc(-c3ccc(C[C@@H](C#N)CC(=O)[C@]45CCC[C@@H](CN4)C5)cc3)cc21. The van der Waals surface area contributed by atoms with E-state index in [4.69, 9.17) is 0 Å². The number of anilines is 1. The summed E-state index contributed by atoms with van der Waals surface area (Å²) in [5, 5.41) is 13.2. The van der Waals surface area contributed by atoms with Crippen LogP contribution in [-0.2, 0) is 22.4 Å². The standard InChI is InChI=1S/C27H29N3O2/c1-30-24-13-22(8-9-23(24)14-26(30)32)21-6-4-18(5-7-21)11-20(16-28)12-25(31)27-10-2-3-19(15-27)17-29-27/h4-9,13,19-20,29H,2-3,10-12,14-15,17H2,1H3/t19-,20-,27-/m1/s1. The zero-order chi connectivity index (χ0) is 22.3. The van der Waals surface area contributed by atoms with Gasteiger partial charge < -0.3 is 10.2 Å². The average molecular weight is 428 g/mol. The van der Waals surface area contributed by atoms with Gasteiger partial charge in [0, 0.05) is 19.2 Å². The molecule has 0 spiro atoms. The molecule has 2 aromatic carbocycles. The van der Waals surface area contributed by atoms with Gasteiger partial charge in [-0.25, -0.2) is 0 Å². The monoisotopic (exact) mass is 427 g/mol. The second-order valence-corrected chi connectivity index (χ2v) is 9.75. The molecule has 1 saturated heterocycles. The Labute approximate surface area is 189 Å². The fourth-order valence-electron chi connectivity index (χ4n) is 5.74. The number of nitriles is 1. The van der Waals surface area contributed by atoms with Crippen LogP contribution in [0, 0.1) is 23.2 Å². The number of ketones is 1. The van der Waals surface area contributed by atoms with Crippen LogP contribution in [0.1, 0.15) is 43.2 Å². The topological polar surface area (TPSA) is 73.2 Å². The molecule has 2 aliphatic heterocycles. The molecule has 5 rings (SSSR count). The van der Waals surface area contributed by atoms with Crippen LogP contribution >= 0.6 is 0 Å². The molecule has 32 heavy (non-hydrogen) atoms. The minimum absolute atomic E-state index is 0.126. The molecule has 1 N–H and O–H groups in total. The highest BCUT2D eigenvalue weighted by molar-refractivity contribution is 6.01. The number of hydrogen-bond acceptors (Lipinski definition) is 4. The van der Waals surface area contributed by atoms with Gasteiger partial charge in [-0.1, -0.05) is 42.8 Å². The highest BCUT2D eigenvalue weighted by Crippen LogP contribution is 2.39. The Morgan fingerprint density at radius 3 is 2.81 bits per heavy atom. The van der Waals surface area contributed by atoms with Gasteiger partial charge in [0.1, 0.15) is 0 Å². The second kappa shape index (κ2) is 8.18. The summed E-state index contributed by atoms with van der Waals surface area (Å²) in [6, 6.07) is 16.8. The maximum absolute atomic E-state index is 13.1. The minimum atomic E-state index is -0.371. The molecule has 1 amide bonds. The lowest BCUT2D eigenvalue weighted by Crippen LogP contribution is -2.48. The zero-order valence-corrected chi connectivity index (χ0v) is 18.6. The largest absolute Gasteiger partial charge is 0.315 e. The van der Waals surface area contributed by atoms with Crippen LogP contribution in [0.3, 0.4) is 0 Å². The maximum atomic E-state index is 13.1. The van der Waals surface area contributed by atoms with Crippen LogP contribution in [0.25, 0.3) is 11.1 Å². The summed E-state index contributed by atoms with van der Waals surface area (Å²) in [5.41, 5.74) is 4.90. The molecule has 0 unspecified atom stereocenters. The summed E-state index contributed by atoms with van der Waals surface area (Å²) >= 11 is 0. The van der Waals surface area contributed by atoms with E-state index >= 15 is 0 Å². The smallest absolute Gasteiger partial charge is 0.231 e. The van der Waals surface area contributed by atoms with E-state index in [2.05, 4.69) is 47.8 Å². The molecule has 1 saturated carbocycles. The maximum Gasteiger partial charge on any atom is 0.231 e. The molecule has 0 radical (unpaired) electrons. The van der Waals surface area contributed by atoms with E-state index in [1.54, 1.807) is 4.90 Å². The highest BCUT2D eigenvalue weighted by atomic mass is 16.2. The van der Waals surface area contributed by atoms with Crippen LogP contribution in [0.2, 0.25) is 0 Å². The van der Waals surface area contributed by atoms with E-state index < -0.39 is 0 Å². The van der Waals surface area contributed by atoms with Gasteiger partial charge in [0.05, 0.1) is 23.9 Å². The van der Waals surface area contributed by atoms with Gasteiger partial charge in [0.25, 0.3) is 0 Å².